The molecule has 1 aromatic heterocycles. The SMILES string of the molecule is Cc1nc([N+]2([C@@H]3CCNC3)CCC[C@@H]2C)ccc1N1CCC2(CCNCC2)C1=O. The second kappa shape index (κ2) is 7.33. The van der Waals surface area contributed by atoms with Crippen LogP contribution >= 0.6 is 0 Å². The average Bonchev–Trinajstić information content (AvgIpc) is 3.45. The predicted octanol–water partition coefficient (Wildman–Crippen LogP) is 2.35. The van der Waals surface area contributed by atoms with Crippen molar-refractivity contribution >= 4 is 17.4 Å². The lowest BCUT2D eigenvalue weighted by Crippen LogP contribution is -2.60. The average molecular weight is 399 g/mol. The maximum Gasteiger partial charge on any atom is 0.233 e. The van der Waals surface area contributed by atoms with Crippen LogP contribution in [0.25, 0.3) is 0 Å². The van der Waals surface area contributed by atoms with Gasteiger partial charge in [0, 0.05) is 45.0 Å². The summed E-state index contributed by atoms with van der Waals surface area (Å²) >= 11 is 0. The summed E-state index contributed by atoms with van der Waals surface area (Å²) in [5.74, 6) is 1.54. The molecule has 5 heterocycles. The molecule has 0 aliphatic carbocycles. The van der Waals surface area contributed by atoms with E-state index in [0.717, 1.165) is 67.9 Å². The number of aryl methyl sites for hydroxylation is 1. The lowest BCUT2D eigenvalue weighted by molar-refractivity contribution is -0.126. The molecule has 29 heavy (non-hydrogen) atoms. The van der Waals surface area contributed by atoms with Crippen molar-refractivity contribution < 1.29 is 4.79 Å². The molecule has 2 N–H and O–H groups in total. The molecule has 0 saturated carbocycles. The fraction of sp³-hybridized carbons (Fsp3) is 0.739. The van der Waals surface area contributed by atoms with E-state index in [4.69, 9.17) is 4.98 Å². The van der Waals surface area contributed by atoms with Crippen LogP contribution in [-0.4, -0.2) is 62.2 Å². The zero-order chi connectivity index (χ0) is 20.1. The number of rotatable bonds is 3. The van der Waals surface area contributed by atoms with E-state index >= 15 is 0 Å². The van der Waals surface area contributed by atoms with E-state index in [1.54, 1.807) is 0 Å². The number of pyridine rings is 1. The van der Waals surface area contributed by atoms with Crippen LogP contribution in [0.2, 0.25) is 0 Å². The second-order valence-corrected chi connectivity index (χ2v) is 9.80. The number of carbonyl (C=O) groups excluding carboxylic acids is 1. The molecule has 1 unspecified atom stereocenters. The van der Waals surface area contributed by atoms with E-state index in [0.29, 0.717) is 18.0 Å². The zero-order valence-electron chi connectivity index (χ0n) is 18.0. The topological polar surface area (TPSA) is 57.3 Å². The quantitative estimate of drug-likeness (QED) is 0.768. The smallest absolute Gasteiger partial charge is 0.233 e. The number of carbonyl (C=O) groups is 1. The summed E-state index contributed by atoms with van der Waals surface area (Å²) in [7, 11) is 0. The summed E-state index contributed by atoms with van der Waals surface area (Å²) in [6.07, 6.45) is 6.72. The van der Waals surface area contributed by atoms with E-state index < -0.39 is 0 Å². The molecule has 3 atom stereocenters. The van der Waals surface area contributed by atoms with Crippen LogP contribution in [-0.2, 0) is 4.79 Å². The minimum Gasteiger partial charge on any atom is -0.317 e. The molecule has 0 radical (unpaired) electrons. The third kappa shape index (κ3) is 2.94. The van der Waals surface area contributed by atoms with Crippen molar-refractivity contribution in [1.82, 2.24) is 20.1 Å². The third-order valence-corrected chi connectivity index (χ3v) is 8.46. The highest BCUT2D eigenvalue weighted by atomic mass is 16.2. The fourth-order valence-corrected chi connectivity index (χ4v) is 6.68. The highest BCUT2D eigenvalue weighted by Gasteiger charge is 2.50. The summed E-state index contributed by atoms with van der Waals surface area (Å²) in [6.45, 7) is 10.7. The molecular weight excluding hydrogens is 362 g/mol. The van der Waals surface area contributed by atoms with Gasteiger partial charge in [-0.2, -0.15) is 4.98 Å². The van der Waals surface area contributed by atoms with Gasteiger partial charge in [0.05, 0.1) is 29.4 Å². The normalized spacial score (nSPS) is 34.4. The zero-order valence-corrected chi connectivity index (χ0v) is 18.0. The third-order valence-electron chi connectivity index (χ3n) is 8.46. The first-order valence-corrected chi connectivity index (χ1v) is 11.7. The molecule has 4 saturated heterocycles. The van der Waals surface area contributed by atoms with Crippen LogP contribution in [0.15, 0.2) is 12.1 Å². The lowest BCUT2D eigenvalue weighted by atomic mass is 9.77. The van der Waals surface area contributed by atoms with Gasteiger partial charge < -0.3 is 15.5 Å². The molecule has 0 aromatic carbocycles. The number of piperidine rings is 1. The summed E-state index contributed by atoms with van der Waals surface area (Å²) in [5, 5.41) is 6.98. The maximum absolute atomic E-state index is 13.4. The van der Waals surface area contributed by atoms with Crippen molar-refractivity contribution in [1.29, 1.82) is 0 Å². The minimum absolute atomic E-state index is 0.136. The standard InChI is InChI=1S/C23H36N5O/c1-17-4-3-15-28(17,19-7-11-25-16-19)21-6-5-20(18(2)26-21)27-14-10-23(22(27)29)8-12-24-13-9-23/h5-6,17,19,24-25H,3-4,7-16H2,1-2H3/q+1/t17-,19+,28?/m0/s1. The van der Waals surface area contributed by atoms with Crippen LogP contribution in [0.1, 0.15) is 51.1 Å². The van der Waals surface area contributed by atoms with Gasteiger partial charge in [-0.3, -0.25) is 9.28 Å². The van der Waals surface area contributed by atoms with E-state index in [1.807, 2.05) is 4.90 Å². The first-order valence-electron chi connectivity index (χ1n) is 11.7. The van der Waals surface area contributed by atoms with Gasteiger partial charge in [0.1, 0.15) is 6.04 Å². The van der Waals surface area contributed by atoms with Crippen LogP contribution in [0, 0.1) is 12.3 Å². The van der Waals surface area contributed by atoms with Crippen molar-refractivity contribution in [3.8, 4) is 0 Å². The minimum atomic E-state index is -0.136. The summed E-state index contributed by atoms with van der Waals surface area (Å²) in [5.41, 5.74) is 1.91. The van der Waals surface area contributed by atoms with Gasteiger partial charge in [-0.05, 0) is 52.3 Å². The fourth-order valence-electron chi connectivity index (χ4n) is 6.68. The maximum atomic E-state index is 13.4. The van der Waals surface area contributed by atoms with Crippen molar-refractivity contribution in [2.24, 2.45) is 5.41 Å². The number of aromatic nitrogens is 1. The highest BCUT2D eigenvalue weighted by Crippen LogP contribution is 2.43. The van der Waals surface area contributed by atoms with E-state index in [1.165, 1.54) is 31.6 Å². The Kier molecular flexibility index (Phi) is 4.92. The predicted molar refractivity (Wildman–Crippen MR) is 117 cm³/mol. The van der Waals surface area contributed by atoms with Crippen LogP contribution in [0.5, 0.6) is 0 Å². The summed E-state index contributed by atoms with van der Waals surface area (Å²) in [6, 6.07) is 5.67. The summed E-state index contributed by atoms with van der Waals surface area (Å²) < 4.78 is 1.03. The molecule has 0 bridgehead atoms. The van der Waals surface area contributed by atoms with Gasteiger partial charge in [-0.1, -0.05) is 0 Å². The highest BCUT2D eigenvalue weighted by molar-refractivity contribution is 6.00. The Hall–Kier alpha value is -1.50. The number of nitrogens with zero attached hydrogens (tertiary/aromatic N) is 3. The second-order valence-electron chi connectivity index (χ2n) is 9.80. The van der Waals surface area contributed by atoms with Crippen molar-refractivity contribution in [2.45, 2.75) is 64.5 Å². The number of hydrogen-bond acceptors (Lipinski definition) is 4. The Labute approximate surface area is 174 Å². The largest absolute Gasteiger partial charge is 0.317 e. The van der Waals surface area contributed by atoms with Crippen molar-refractivity contribution in [3.05, 3.63) is 17.8 Å². The molecule has 1 spiro atoms. The first kappa shape index (κ1) is 19.5. The Morgan fingerprint density at radius 1 is 1.14 bits per heavy atom. The van der Waals surface area contributed by atoms with E-state index in [9.17, 15) is 4.79 Å². The Morgan fingerprint density at radius 2 is 1.97 bits per heavy atom. The van der Waals surface area contributed by atoms with Gasteiger partial charge >= 0.3 is 0 Å². The number of likely N-dealkylation sites (tertiary alicyclic amines) is 1. The van der Waals surface area contributed by atoms with Gasteiger partial charge in [0.15, 0.2) is 0 Å². The van der Waals surface area contributed by atoms with Gasteiger partial charge in [-0.15, -0.1) is 0 Å². The van der Waals surface area contributed by atoms with Crippen molar-refractivity contribution in [2.75, 3.05) is 44.2 Å². The molecule has 1 aromatic rings. The number of amides is 1. The Bertz CT molecular complexity index is 783. The molecular formula is C23H36N5O+. The molecule has 4 fully saturated rings. The number of nitrogens with one attached hydrogen (secondary N) is 2. The molecule has 4 aliphatic rings. The number of anilines is 1. The van der Waals surface area contributed by atoms with Crippen LogP contribution < -0.4 is 20.0 Å². The van der Waals surface area contributed by atoms with Crippen LogP contribution in [0.4, 0.5) is 11.5 Å². The van der Waals surface area contributed by atoms with Gasteiger partial charge in [0.2, 0.25) is 11.7 Å². The molecule has 6 nitrogen and oxygen atoms in total. The molecule has 5 rings (SSSR count). The van der Waals surface area contributed by atoms with Gasteiger partial charge in [-0.25, -0.2) is 0 Å². The first-order chi connectivity index (χ1) is 14.1. The number of hydrogen-bond donors (Lipinski definition) is 2. The summed E-state index contributed by atoms with van der Waals surface area (Å²) in [4.78, 5) is 20.6. The molecule has 1 amide bonds. The van der Waals surface area contributed by atoms with E-state index in [2.05, 4.69) is 36.6 Å². The molecule has 4 aliphatic heterocycles. The van der Waals surface area contributed by atoms with Crippen molar-refractivity contribution in [3.63, 3.8) is 0 Å². The lowest BCUT2D eigenvalue weighted by Gasteiger charge is -2.42. The van der Waals surface area contributed by atoms with Gasteiger partial charge in [0.25, 0.3) is 0 Å². The van der Waals surface area contributed by atoms with Crippen LogP contribution in [0.3, 0.4) is 0 Å². The Morgan fingerprint density at radius 3 is 2.62 bits per heavy atom. The Balaban J connectivity index is 1.45. The molecule has 6 heteroatoms. The number of quaternary nitrogens is 1. The molecule has 158 valence electrons. The monoisotopic (exact) mass is 398 g/mol. The van der Waals surface area contributed by atoms with E-state index in [-0.39, 0.29) is 5.41 Å².